The van der Waals surface area contributed by atoms with Crippen molar-refractivity contribution in [3.05, 3.63) is 82.7 Å². The van der Waals surface area contributed by atoms with Crippen LogP contribution in [0.15, 0.2) is 42.5 Å². The van der Waals surface area contributed by atoms with Gasteiger partial charge in [0.1, 0.15) is 28.7 Å². The summed E-state index contributed by atoms with van der Waals surface area (Å²) in [6.07, 6.45) is 2.05. The van der Waals surface area contributed by atoms with Crippen molar-refractivity contribution in [2.45, 2.75) is 51.1 Å². The number of ether oxygens (including phenoxy) is 10. The highest BCUT2D eigenvalue weighted by Crippen LogP contribution is 2.50. The molecular weight excluding hydrogens is 790 g/mol. The number of halogens is 5. The van der Waals surface area contributed by atoms with Gasteiger partial charge in [0.2, 0.25) is 5.82 Å². The normalized spacial score (nSPS) is 15.9. The number of benzene rings is 4. The number of aryl methyl sites for hydroxylation is 2. The molecule has 0 unspecified atom stereocenters. The van der Waals surface area contributed by atoms with Gasteiger partial charge in [-0.25, -0.2) is 22.0 Å². The van der Waals surface area contributed by atoms with Crippen LogP contribution < -0.4 is 39.6 Å². The van der Waals surface area contributed by atoms with Crippen LogP contribution in [-0.2, 0) is 36.5 Å². The van der Waals surface area contributed by atoms with Crippen molar-refractivity contribution in [3.8, 4) is 39.9 Å². The van der Waals surface area contributed by atoms with E-state index in [0.29, 0.717) is 85.7 Å². The molecule has 4 aromatic rings. The molecule has 2 aliphatic heterocycles. The summed E-state index contributed by atoms with van der Waals surface area (Å²) < 4.78 is 134. The molecule has 0 amide bonds. The van der Waals surface area contributed by atoms with E-state index in [0.717, 1.165) is 11.1 Å². The molecule has 2 fully saturated rings. The highest BCUT2D eigenvalue weighted by Gasteiger charge is 2.37. The Hall–Kier alpha value is -4.24. The molecule has 2 heterocycles. The number of methoxy groups -OCH3 is 5. The predicted octanol–water partition coefficient (Wildman–Crippen LogP) is 7.22. The van der Waals surface area contributed by atoms with Crippen molar-refractivity contribution in [2.75, 3.05) is 68.8 Å². The number of hydrogen-bond acceptors (Lipinski definition) is 10. The molecule has 0 N–H and O–H groups in total. The minimum atomic E-state index is -2.29. The second kappa shape index (κ2) is 18.4. The van der Waals surface area contributed by atoms with Gasteiger partial charge in [0, 0.05) is 38.7 Å². The number of para-hydroxylation sites is 1. The highest BCUT2D eigenvalue weighted by molar-refractivity contribution is 7.80. The Labute approximate surface area is 335 Å². The summed E-state index contributed by atoms with van der Waals surface area (Å²) in [5, 5.41) is 1.18. The fraction of sp³-hybridized carbons (Fsp3) is 0.429. The molecule has 0 aliphatic carbocycles. The minimum Gasteiger partial charge on any atom is -0.496 e. The van der Waals surface area contributed by atoms with Crippen LogP contribution in [0.5, 0.6) is 28.7 Å². The molecule has 2 saturated heterocycles. The van der Waals surface area contributed by atoms with Crippen LogP contribution in [0.4, 0.5) is 22.0 Å². The fourth-order valence-electron chi connectivity index (χ4n) is 7.13. The molecule has 0 atom stereocenters. The van der Waals surface area contributed by atoms with Crippen LogP contribution >= 0.6 is 7.92 Å². The summed E-state index contributed by atoms with van der Waals surface area (Å²) in [5.41, 5.74) is 0.0295. The third-order valence-corrected chi connectivity index (χ3v) is 12.7. The highest BCUT2D eigenvalue weighted by atomic mass is 31.1. The van der Waals surface area contributed by atoms with Crippen LogP contribution in [-0.4, -0.2) is 80.3 Å². The topological polar surface area (TPSA) is 92.3 Å². The van der Waals surface area contributed by atoms with E-state index in [1.54, 1.807) is 6.07 Å². The maximum atomic E-state index is 15.6. The van der Waals surface area contributed by atoms with E-state index < -0.39 is 66.5 Å². The summed E-state index contributed by atoms with van der Waals surface area (Å²) in [7, 11) is 5.16. The van der Waals surface area contributed by atoms with Crippen LogP contribution in [0.1, 0.15) is 37.8 Å². The Morgan fingerprint density at radius 2 is 0.983 bits per heavy atom. The van der Waals surface area contributed by atoms with Gasteiger partial charge in [0.05, 0.1) is 71.0 Å². The SMILES string of the molecule is COCOc1c(-c2c(F)c(F)c(F)c(F)c2F)cccc1P(c1c(OC)cc(CCC2(C)OCCO2)cc1OC)c1c(OC)cc(CCC2(C)OCCO2)cc1OC. The molecule has 16 heteroatoms. The van der Waals surface area contributed by atoms with Crippen molar-refractivity contribution in [3.63, 3.8) is 0 Å². The van der Waals surface area contributed by atoms with Gasteiger partial charge >= 0.3 is 0 Å². The molecule has 0 radical (unpaired) electrons. The molecule has 0 bridgehead atoms. The maximum absolute atomic E-state index is 15.6. The molecule has 0 saturated carbocycles. The average Bonchev–Trinajstić information content (AvgIpc) is 3.88. The first kappa shape index (κ1) is 43.3. The second-order valence-corrected chi connectivity index (χ2v) is 15.9. The fourth-order valence-corrected chi connectivity index (χ4v) is 9.97. The van der Waals surface area contributed by atoms with E-state index in [2.05, 4.69) is 0 Å². The summed E-state index contributed by atoms with van der Waals surface area (Å²) in [6, 6.07) is 11.6. The van der Waals surface area contributed by atoms with Crippen LogP contribution in [0.2, 0.25) is 0 Å². The molecule has 6 rings (SSSR count). The van der Waals surface area contributed by atoms with Crippen LogP contribution in [0, 0.1) is 29.1 Å². The summed E-state index contributed by atoms with van der Waals surface area (Å²) in [5.74, 6) is -10.9. The molecule has 0 aromatic heterocycles. The monoisotopic (exact) mass is 836 g/mol. The Balaban J connectivity index is 1.63. The van der Waals surface area contributed by atoms with Crippen molar-refractivity contribution >= 4 is 23.8 Å². The van der Waals surface area contributed by atoms with E-state index in [4.69, 9.17) is 47.4 Å². The molecule has 58 heavy (non-hydrogen) atoms. The molecule has 0 spiro atoms. The molecular formula is C42H46F5O10P. The van der Waals surface area contributed by atoms with Gasteiger partial charge in [0.25, 0.3) is 0 Å². The number of hydrogen-bond donors (Lipinski definition) is 0. The van der Waals surface area contributed by atoms with Gasteiger partial charge in [-0.3, -0.25) is 0 Å². The summed E-state index contributed by atoms with van der Waals surface area (Å²) in [6.45, 7) is 5.20. The Morgan fingerprint density at radius 1 is 0.586 bits per heavy atom. The number of rotatable bonds is 17. The predicted molar refractivity (Wildman–Crippen MR) is 206 cm³/mol. The first-order valence-electron chi connectivity index (χ1n) is 18.4. The Kier molecular flexibility index (Phi) is 13.7. The Bertz CT molecular complexity index is 1940. The zero-order chi connectivity index (χ0) is 41.8. The van der Waals surface area contributed by atoms with Crippen LogP contribution in [0.25, 0.3) is 11.1 Å². The maximum Gasteiger partial charge on any atom is 0.200 e. The van der Waals surface area contributed by atoms with Gasteiger partial charge in [-0.2, -0.15) is 0 Å². The van der Waals surface area contributed by atoms with Gasteiger partial charge < -0.3 is 47.4 Å². The van der Waals surface area contributed by atoms with E-state index in [-0.39, 0.29) is 11.1 Å². The van der Waals surface area contributed by atoms with E-state index in [9.17, 15) is 13.2 Å². The first-order chi connectivity index (χ1) is 27.8. The zero-order valence-corrected chi connectivity index (χ0v) is 34.2. The lowest BCUT2D eigenvalue weighted by molar-refractivity contribution is -0.146. The lowest BCUT2D eigenvalue weighted by Crippen LogP contribution is -2.28. The van der Waals surface area contributed by atoms with Gasteiger partial charge in [0.15, 0.2) is 41.6 Å². The average molecular weight is 837 g/mol. The second-order valence-electron chi connectivity index (χ2n) is 13.8. The molecule has 314 valence electrons. The standard InChI is InChI=1S/C42H46F5O10P/c1-41(54-15-16-55-41)13-11-24-19-27(49-4)39(28(20-24)50-5)58(40-29(51-6)21-25(22-30(40)52-7)12-14-42(2)56-17-18-57-42)31-10-8-9-26(38(31)53-23-48-3)32-33(43)35(45)37(47)36(46)34(32)44/h8-10,19-22H,11-18,23H2,1-7H3. The van der Waals surface area contributed by atoms with E-state index in [1.165, 1.54) is 47.7 Å². The lowest BCUT2D eigenvalue weighted by atomic mass is 10.0. The first-order valence-corrected chi connectivity index (χ1v) is 19.8. The van der Waals surface area contributed by atoms with E-state index in [1.807, 2.05) is 38.1 Å². The van der Waals surface area contributed by atoms with Gasteiger partial charge in [-0.1, -0.05) is 18.2 Å². The summed E-state index contributed by atoms with van der Waals surface area (Å²) >= 11 is 0. The van der Waals surface area contributed by atoms with Crippen molar-refractivity contribution in [2.24, 2.45) is 0 Å². The van der Waals surface area contributed by atoms with Crippen LogP contribution in [0.3, 0.4) is 0 Å². The van der Waals surface area contributed by atoms with Gasteiger partial charge in [-0.05, 0) is 62.1 Å². The lowest BCUT2D eigenvalue weighted by Gasteiger charge is -2.30. The minimum absolute atomic E-state index is 0.230. The quantitative estimate of drug-likeness (QED) is 0.0357. The smallest absolute Gasteiger partial charge is 0.200 e. The third kappa shape index (κ3) is 8.71. The third-order valence-electron chi connectivity index (χ3n) is 10.1. The van der Waals surface area contributed by atoms with Crippen molar-refractivity contribution in [1.82, 2.24) is 0 Å². The molecule has 4 aromatic carbocycles. The van der Waals surface area contributed by atoms with Crippen molar-refractivity contribution < 1.29 is 69.3 Å². The largest absolute Gasteiger partial charge is 0.496 e. The molecule has 10 nitrogen and oxygen atoms in total. The van der Waals surface area contributed by atoms with E-state index >= 15 is 8.78 Å². The molecule has 2 aliphatic rings. The summed E-state index contributed by atoms with van der Waals surface area (Å²) in [4.78, 5) is 0. The zero-order valence-electron chi connectivity index (χ0n) is 33.3. The van der Waals surface area contributed by atoms with Crippen molar-refractivity contribution in [1.29, 1.82) is 0 Å². The van der Waals surface area contributed by atoms with Gasteiger partial charge in [-0.15, -0.1) is 0 Å². The Morgan fingerprint density at radius 3 is 1.36 bits per heavy atom.